The Morgan fingerprint density at radius 1 is 0.486 bits per heavy atom. The summed E-state index contributed by atoms with van der Waals surface area (Å²) in [5.41, 5.74) is 19.5. The molecule has 37 heavy (non-hydrogen) atoms. The third kappa shape index (κ3) is 4.07. The second-order valence-corrected chi connectivity index (χ2v) is 10.3. The Labute approximate surface area is 221 Å². The molecule has 2 aliphatic heterocycles. The number of aromatic nitrogens is 4. The van der Waals surface area contributed by atoms with E-state index in [0.29, 0.717) is 0 Å². The first-order valence-corrected chi connectivity index (χ1v) is 14.0. The lowest BCUT2D eigenvalue weighted by Gasteiger charge is -2.01. The van der Waals surface area contributed by atoms with Gasteiger partial charge >= 0.3 is 0 Å². The van der Waals surface area contributed by atoms with E-state index in [2.05, 4.69) is 89.6 Å². The zero-order chi connectivity index (χ0) is 26.4. The molecule has 4 nitrogen and oxygen atoms in total. The highest BCUT2D eigenvalue weighted by atomic mass is 14.8. The molecule has 4 heteroatoms. The summed E-state index contributed by atoms with van der Waals surface area (Å²) in [6, 6.07) is 9.05. The largest absolute Gasteiger partial charge is 0.355 e. The quantitative estimate of drug-likeness (QED) is 0.373. The smallest absolute Gasteiger partial charge is 0.0693 e. The van der Waals surface area contributed by atoms with Crippen molar-refractivity contribution in [2.75, 3.05) is 0 Å². The number of aryl methyl sites for hydroxylation is 4. The zero-order valence-corrected chi connectivity index (χ0v) is 23.7. The first-order chi connectivity index (χ1) is 17.8. The van der Waals surface area contributed by atoms with Crippen LogP contribution in [0.15, 0.2) is 24.3 Å². The number of hydrogen-bond acceptors (Lipinski definition) is 2. The van der Waals surface area contributed by atoms with Gasteiger partial charge in [-0.15, -0.1) is 0 Å². The molecule has 8 bridgehead atoms. The first kappa shape index (κ1) is 25.3. The highest BCUT2D eigenvalue weighted by Crippen LogP contribution is 2.37. The van der Waals surface area contributed by atoms with E-state index in [4.69, 9.17) is 9.97 Å². The predicted octanol–water partition coefficient (Wildman–Crippen LogP) is 8.99. The van der Waals surface area contributed by atoms with Gasteiger partial charge in [-0.1, -0.05) is 34.6 Å². The predicted molar refractivity (Wildman–Crippen MR) is 159 cm³/mol. The SMILES string of the molecule is CCC1=C(C)c2cc3[nH]c(cc4[nH]c(cc5nc(cc1n2)C(C)=C5CC)c(C)c4CC)c(CC)c3CC. The van der Waals surface area contributed by atoms with Crippen LogP contribution in [0.2, 0.25) is 0 Å². The Hall–Kier alpha value is -3.40. The van der Waals surface area contributed by atoms with Crippen LogP contribution in [0.5, 0.6) is 0 Å². The lowest BCUT2D eigenvalue weighted by molar-refractivity contribution is 1.07. The highest BCUT2D eigenvalue weighted by Gasteiger charge is 2.20. The molecular weight excluding hydrogens is 452 g/mol. The summed E-state index contributed by atoms with van der Waals surface area (Å²) in [4.78, 5) is 17.9. The van der Waals surface area contributed by atoms with E-state index >= 15 is 0 Å². The van der Waals surface area contributed by atoms with Gasteiger partial charge in [-0.3, -0.25) is 0 Å². The zero-order valence-electron chi connectivity index (χ0n) is 23.7. The molecule has 5 rings (SSSR count). The molecule has 2 aliphatic rings. The fourth-order valence-electron chi connectivity index (χ4n) is 6.29. The van der Waals surface area contributed by atoms with Gasteiger partial charge in [-0.2, -0.15) is 0 Å². The van der Waals surface area contributed by atoms with E-state index in [1.165, 1.54) is 61.1 Å². The molecule has 0 amide bonds. The molecule has 0 aromatic carbocycles. The van der Waals surface area contributed by atoms with Gasteiger partial charge in [0.05, 0.1) is 22.8 Å². The molecule has 0 fully saturated rings. The first-order valence-electron chi connectivity index (χ1n) is 14.0. The molecule has 0 spiro atoms. The van der Waals surface area contributed by atoms with Crippen LogP contribution >= 0.6 is 0 Å². The average Bonchev–Trinajstić information content (AvgIpc) is 3.56. The average molecular weight is 493 g/mol. The van der Waals surface area contributed by atoms with Gasteiger partial charge in [0, 0.05) is 22.1 Å². The number of nitrogens with one attached hydrogen (secondary N) is 2. The Balaban J connectivity index is 2.01. The summed E-state index contributed by atoms with van der Waals surface area (Å²) in [6.45, 7) is 17.9. The lowest BCUT2D eigenvalue weighted by atomic mass is 10.0. The van der Waals surface area contributed by atoms with Gasteiger partial charge < -0.3 is 9.97 Å². The van der Waals surface area contributed by atoms with Crippen molar-refractivity contribution in [1.29, 1.82) is 0 Å². The van der Waals surface area contributed by atoms with Crippen molar-refractivity contribution in [3.63, 3.8) is 0 Å². The number of fused-ring (bicyclic) bond motifs is 8. The third-order valence-electron chi connectivity index (χ3n) is 8.40. The van der Waals surface area contributed by atoms with Crippen molar-refractivity contribution in [2.24, 2.45) is 0 Å². The van der Waals surface area contributed by atoms with Gasteiger partial charge in [0.1, 0.15) is 0 Å². The number of rotatable bonds is 5. The molecule has 2 N–H and O–H groups in total. The normalized spacial score (nSPS) is 13.7. The lowest BCUT2D eigenvalue weighted by Crippen LogP contribution is -1.86. The fourth-order valence-corrected chi connectivity index (χ4v) is 6.29. The number of allylic oxidation sites excluding steroid dienone is 4. The van der Waals surface area contributed by atoms with Crippen molar-refractivity contribution in [3.8, 4) is 0 Å². The molecule has 0 unspecified atom stereocenters. The standard InChI is InChI=1S/C33H40N4/c1-9-21-18(6)26-14-30-22(10-2)19(7)28(35-30)16-32-24(12-4)25(13-5)33(37-32)17-31-23(11-3)20(8)27(36-31)15-29(21)34-26/h14-17,36-37H,9-13H2,1-8H3. The van der Waals surface area contributed by atoms with E-state index in [-0.39, 0.29) is 0 Å². The molecule has 192 valence electrons. The van der Waals surface area contributed by atoms with Crippen molar-refractivity contribution < 1.29 is 0 Å². The maximum atomic E-state index is 5.16. The van der Waals surface area contributed by atoms with Crippen LogP contribution in [-0.2, 0) is 19.3 Å². The Morgan fingerprint density at radius 2 is 0.919 bits per heavy atom. The number of H-pyrrole nitrogens is 2. The van der Waals surface area contributed by atoms with E-state index in [9.17, 15) is 0 Å². The molecule has 5 heterocycles. The van der Waals surface area contributed by atoms with E-state index < -0.39 is 0 Å². The summed E-state index contributed by atoms with van der Waals surface area (Å²) in [5.74, 6) is 0. The summed E-state index contributed by atoms with van der Waals surface area (Å²) in [6.07, 6.45) is 4.87. The molecule has 0 radical (unpaired) electrons. The molecule has 3 aromatic rings. The van der Waals surface area contributed by atoms with Crippen molar-refractivity contribution in [2.45, 2.75) is 87.5 Å². The van der Waals surface area contributed by atoms with E-state index in [1.807, 2.05) is 0 Å². The van der Waals surface area contributed by atoms with Crippen molar-refractivity contribution in [1.82, 2.24) is 19.9 Å². The monoisotopic (exact) mass is 492 g/mol. The van der Waals surface area contributed by atoms with E-state index in [1.54, 1.807) is 0 Å². The third-order valence-corrected chi connectivity index (χ3v) is 8.40. The molecule has 0 saturated heterocycles. The van der Waals surface area contributed by atoms with Gasteiger partial charge in [0.2, 0.25) is 0 Å². The molecule has 0 atom stereocenters. The summed E-state index contributed by atoms with van der Waals surface area (Å²) in [5, 5.41) is 0. The Morgan fingerprint density at radius 3 is 1.46 bits per heavy atom. The number of hydrogen-bond donors (Lipinski definition) is 2. The minimum atomic E-state index is 0.951. The minimum absolute atomic E-state index is 0.951. The van der Waals surface area contributed by atoms with Gasteiger partial charge in [-0.05, 0) is 122 Å². The van der Waals surface area contributed by atoms with Crippen LogP contribution < -0.4 is 0 Å². The highest BCUT2D eigenvalue weighted by molar-refractivity contribution is 5.95. The summed E-state index contributed by atoms with van der Waals surface area (Å²) >= 11 is 0. The minimum Gasteiger partial charge on any atom is -0.355 e. The van der Waals surface area contributed by atoms with Crippen molar-refractivity contribution in [3.05, 3.63) is 69.3 Å². The maximum Gasteiger partial charge on any atom is 0.0693 e. The number of nitrogens with zero attached hydrogens (tertiary/aromatic N) is 2. The van der Waals surface area contributed by atoms with Crippen LogP contribution in [0.1, 0.15) is 106 Å². The Kier molecular flexibility index (Phi) is 6.70. The van der Waals surface area contributed by atoms with Crippen LogP contribution in [0.3, 0.4) is 0 Å². The summed E-state index contributed by atoms with van der Waals surface area (Å²) in [7, 11) is 0. The second kappa shape index (κ2) is 9.81. The van der Waals surface area contributed by atoms with Gasteiger partial charge in [0.25, 0.3) is 0 Å². The second-order valence-electron chi connectivity index (χ2n) is 10.3. The Bertz CT molecular complexity index is 1620. The van der Waals surface area contributed by atoms with Crippen LogP contribution in [0, 0.1) is 6.92 Å². The van der Waals surface area contributed by atoms with Crippen LogP contribution in [0.4, 0.5) is 0 Å². The topological polar surface area (TPSA) is 57.4 Å². The number of aromatic amines is 2. The van der Waals surface area contributed by atoms with E-state index in [0.717, 1.165) is 60.4 Å². The summed E-state index contributed by atoms with van der Waals surface area (Å²) < 4.78 is 0. The molecule has 0 aliphatic carbocycles. The van der Waals surface area contributed by atoms with Gasteiger partial charge in [-0.25, -0.2) is 9.97 Å². The fraction of sp³-hybridized carbons (Fsp3) is 0.394. The van der Waals surface area contributed by atoms with Gasteiger partial charge in [0.15, 0.2) is 0 Å². The molecular formula is C33H40N4. The van der Waals surface area contributed by atoms with Crippen LogP contribution in [-0.4, -0.2) is 19.9 Å². The maximum absolute atomic E-state index is 5.16. The molecule has 3 aromatic heterocycles. The van der Waals surface area contributed by atoms with Crippen LogP contribution in [0.25, 0.3) is 44.4 Å². The van der Waals surface area contributed by atoms with Crippen molar-refractivity contribution >= 4 is 44.4 Å². The molecule has 0 saturated carbocycles.